The molecule has 3 aliphatic heterocycles. The second-order valence-corrected chi connectivity index (χ2v) is 9.07. The first-order valence-corrected chi connectivity index (χ1v) is 10.8. The summed E-state index contributed by atoms with van der Waals surface area (Å²) < 4.78 is 12.7. The number of amides is 2. The molecular weight excluding hydrogens is 614 g/mol. The van der Waals surface area contributed by atoms with E-state index < -0.39 is 0 Å². The Morgan fingerprint density at radius 2 is 0.967 bits per heavy atom. The van der Waals surface area contributed by atoms with Gasteiger partial charge in [-0.1, -0.05) is 0 Å². The molecule has 3 aliphatic rings. The number of carbonyl (C=O) groups is 2. The SMILES string of the molecule is C[N+]1(CCC(=O)N2CCN(C(=O)CC[N+]3(C)CCOCC3)CC2)CCOCC1.[I-].[I-]. The fraction of sp³-hybridized carbons (Fsp3) is 0.900. The Morgan fingerprint density at radius 1 is 0.667 bits per heavy atom. The lowest BCUT2D eigenvalue weighted by molar-refractivity contribution is -0.916. The average molecular weight is 652 g/mol. The smallest absolute Gasteiger partial charge is 0.228 e. The van der Waals surface area contributed by atoms with Gasteiger partial charge in [-0.3, -0.25) is 9.59 Å². The number of likely N-dealkylation sites (N-methyl/N-ethyl adjacent to an activating group) is 2. The van der Waals surface area contributed by atoms with E-state index in [1.807, 2.05) is 9.80 Å². The summed E-state index contributed by atoms with van der Waals surface area (Å²) >= 11 is 0. The van der Waals surface area contributed by atoms with Gasteiger partial charge in [-0.05, 0) is 0 Å². The maximum atomic E-state index is 12.6. The topological polar surface area (TPSA) is 59.1 Å². The van der Waals surface area contributed by atoms with Crippen LogP contribution in [0.1, 0.15) is 12.8 Å². The molecule has 176 valence electrons. The van der Waals surface area contributed by atoms with E-state index in [-0.39, 0.29) is 59.8 Å². The van der Waals surface area contributed by atoms with Crippen LogP contribution in [0, 0.1) is 0 Å². The highest BCUT2D eigenvalue weighted by Crippen LogP contribution is 2.13. The highest BCUT2D eigenvalue weighted by atomic mass is 127. The summed E-state index contributed by atoms with van der Waals surface area (Å²) in [6, 6.07) is 0. The first-order chi connectivity index (χ1) is 13.4. The van der Waals surface area contributed by atoms with Crippen molar-refractivity contribution in [3.63, 3.8) is 0 Å². The van der Waals surface area contributed by atoms with Gasteiger partial charge in [0.05, 0.1) is 66.5 Å². The van der Waals surface area contributed by atoms with Gasteiger partial charge in [0.1, 0.15) is 26.2 Å². The number of rotatable bonds is 6. The van der Waals surface area contributed by atoms with Crippen molar-refractivity contribution in [3.8, 4) is 0 Å². The number of halogens is 2. The summed E-state index contributed by atoms with van der Waals surface area (Å²) in [7, 11) is 4.42. The number of ether oxygens (including phenoxy) is 2. The summed E-state index contributed by atoms with van der Waals surface area (Å²) in [6.45, 7) is 11.5. The maximum Gasteiger partial charge on any atom is 0.228 e. The lowest BCUT2D eigenvalue weighted by Crippen LogP contribution is -3.00. The van der Waals surface area contributed by atoms with Crippen LogP contribution in [0.2, 0.25) is 0 Å². The van der Waals surface area contributed by atoms with Crippen LogP contribution in [0.15, 0.2) is 0 Å². The van der Waals surface area contributed by atoms with E-state index in [0.29, 0.717) is 39.0 Å². The van der Waals surface area contributed by atoms with E-state index in [2.05, 4.69) is 14.1 Å². The standard InChI is InChI=1S/C20H38N4O4.2HI/c1-23(11-15-27-16-12-23)9-3-19(25)21-5-7-22(8-6-21)20(26)4-10-24(2)13-17-28-18-14-24;;/h3-18H2,1-2H3;2*1H/q+2;;/p-2. The Hall–Kier alpha value is 0.240. The van der Waals surface area contributed by atoms with Gasteiger partial charge in [-0.2, -0.15) is 0 Å². The van der Waals surface area contributed by atoms with Gasteiger partial charge in [0, 0.05) is 26.2 Å². The fourth-order valence-electron chi connectivity index (χ4n) is 4.27. The molecule has 0 aromatic rings. The minimum Gasteiger partial charge on any atom is -1.00 e. The Labute approximate surface area is 215 Å². The molecule has 0 aromatic carbocycles. The Kier molecular flexibility index (Phi) is 12.3. The van der Waals surface area contributed by atoms with Crippen molar-refractivity contribution in [3.05, 3.63) is 0 Å². The van der Waals surface area contributed by atoms with Gasteiger partial charge in [-0.25, -0.2) is 0 Å². The number of carbonyl (C=O) groups excluding carboxylic acids is 2. The second kappa shape index (κ2) is 13.1. The number of morpholine rings is 2. The zero-order chi connectivity index (χ0) is 20.0. The lowest BCUT2D eigenvalue weighted by Gasteiger charge is -2.39. The fourth-order valence-corrected chi connectivity index (χ4v) is 4.27. The largest absolute Gasteiger partial charge is 1.00 e. The third kappa shape index (κ3) is 8.30. The molecule has 8 nitrogen and oxygen atoms in total. The van der Waals surface area contributed by atoms with Crippen molar-refractivity contribution >= 4 is 11.8 Å². The van der Waals surface area contributed by atoms with Crippen molar-refractivity contribution in [1.29, 1.82) is 0 Å². The number of hydrogen-bond donors (Lipinski definition) is 0. The molecule has 0 atom stereocenters. The van der Waals surface area contributed by atoms with Crippen LogP contribution in [0.4, 0.5) is 0 Å². The van der Waals surface area contributed by atoms with Crippen LogP contribution in [-0.4, -0.2) is 137 Å². The molecule has 3 fully saturated rings. The van der Waals surface area contributed by atoms with Crippen molar-refractivity contribution < 1.29 is 76.0 Å². The van der Waals surface area contributed by atoms with Gasteiger partial charge < -0.3 is 76.2 Å². The highest BCUT2D eigenvalue weighted by molar-refractivity contribution is 5.78. The molecule has 10 heteroatoms. The first kappa shape index (κ1) is 28.3. The van der Waals surface area contributed by atoms with Gasteiger partial charge in [0.15, 0.2) is 0 Å². The molecule has 0 bridgehead atoms. The summed E-state index contributed by atoms with van der Waals surface area (Å²) in [6.07, 6.45) is 1.17. The van der Waals surface area contributed by atoms with E-state index >= 15 is 0 Å². The molecule has 3 saturated heterocycles. The van der Waals surface area contributed by atoms with Gasteiger partial charge >= 0.3 is 0 Å². The first-order valence-electron chi connectivity index (χ1n) is 10.8. The Morgan fingerprint density at radius 3 is 1.27 bits per heavy atom. The molecule has 0 unspecified atom stereocenters. The minimum atomic E-state index is 0. The Bertz CT molecular complexity index is 499. The van der Waals surface area contributed by atoms with Crippen LogP contribution in [0.5, 0.6) is 0 Å². The van der Waals surface area contributed by atoms with E-state index in [9.17, 15) is 9.59 Å². The van der Waals surface area contributed by atoms with Crippen LogP contribution in [0.25, 0.3) is 0 Å². The number of piperazine rings is 1. The lowest BCUT2D eigenvalue weighted by atomic mass is 10.2. The normalized spacial score (nSPS) is 23.1. The van der Waals surface area contributed by atoms with Crippen molar-refractivity contribution in [2.45, 2.75) is 12.8 Å². The molecule has 0 radical (unpaired) electrons. The van der Waals surface area contributed by atoms with Crippen LogP contribution >= 0.6 is 0 Å². The number of quaternary nitrogens is 2. The van der Waals surface area contributed by atoms with E-state index in [4.69, 9.17) is 9.47 Å². The quantitative estimate of drug-likeness (QED) is 0.212. The number of hydrogen-bond acceptors (Lipinski definition) is 4. The van der Waals surface area contributed by atoms with Crippen molar-refractivity contribution in [1.82, 2.24) is 9.80 Å². The maximum absolute atomic E-state index is 12.6. The molecule has 2 amide bonds. The average Bonchev–Trinajstić information content (AvgIpc) is 2.72. The van der Waals surface area contributed by atoms with Crippen LogP contribution in [-0.2, 0) is 19.1 Å². The summed E-state index contributed by atoms with van der Waals surface area (Å²) in [5, 5.41) is 0. The van der Waals surface area contributed by atoms with Crippen molar-refractivity contribution in [2.75, 3.05) is 106 Å². The molecule has 0 aliphatic carbocycles. The molecule has 3 rings (SSSR count). The third-order valence-electron chi connectivity index (χ3n) is 6.82. The molecule has 0 saturated carbocycles. The third-order valence-corrected chi connectivity index (χ3v) is 6.82. The molecule has 0 spiro atoms. The van der Waals surface area contributed by atoms with E-state index in [0.717, 1.165) is 74.7 Å². The molecular formula is C20H38I2N4O4. The summed E-state index contributed by atoms with van der Waals surface area (Å²) in [5.41, 5.74) is 0. The second-order valence-electron chi connectivity index (χ2n) is 9.07. The zero-order valence-electron chi connectivity index (χ0n) is 18.5. The number of nitrogens with zero attached hydrogens (tertiary/aromatic N) is 4. The Balaban J connectivity index is 0.00000225. The molecule has 3 heterocycles. The molecule has 30 heavy (non-hydrogen) atoms. The van der Waals surface area contributed by atoms with Crippen LogP contribution in [0.3, 0.4) is 0 Å². The predicted molar refractivity (Wildman–Crippen MR) is 106 cm³/mol. The molecule has 0 aromatic heterocycles. The zero-order valence-corrected chi connectivity index (χ0v) is 22.8. The van der Waals surface area contributed by atoms with Gasteiger partial charge in [0.2, 0.25) is 11.8 Å². The van der Waals surface area contributed by atoms with E-state index in [1.165, 1.54) is 0 Å². The highest BCUT2D eigenvalue weighted by Gasteiger charge is 2.30. The van der Waals surface area contributed by atoms with Crippen LogP contribution < -0.4 is 48.0 Å². The minimum absolute atomic E-state index is 0. The van der Waals surface area contributed by atoms with Gasteiger partial charge in [0.25, 0.3) is 0 Å². The van der Waals surface area contributed by atoms with Crippen molar-refractivity contribution in [2.24, 2.45) is 0 Å². The molecule has 0 N–H and O–H groups in total. The van der Waals surface area contributed by atoms with Gasteiger partial charge in [-0.15, -0.1) is 0 Å². The monoisotopic (exact) mass is 652 g/mol. The van der Waals surface area contributed by atoms with E-state index in [1.54, 1.807) is 0 Å². The predicted octanol–water partition coefficient (Wildman–Crippen LogP) is -6.60. The summed E-state index contributed by atoms with van der Waals surface area (Å²) in [5.74, 6) is 0.452. The summed E-state index contributed by atoms with van der Waals surface area (Å²) in [4.78, 5) is 29.1.